The third-order valence-corrected chi connectivity index (χ3v) is 6.88. The molecule has 0 aromatic heterocycles. The molecule has 31 heavy (non-hydrogen) atoms. The predicted octanol–water partition coefficient (Wildman–Crippen LogP) is 0.949. The normalized spacial score (nSPS) is 26.8. The second-order valence-corrected chi connectivity index (χ2v) is 10.1. The van der Waals surface area contributed by atoms with Crippen LogP contribution in [0.4, 0.5) is 13.2 Å². The van der Waals surface area contributed by atoms with Crippen LogP contribution in [0.2, 0.25) is 0 Å². The first-order valence-electron chi connectivity index (χ1n) is 8.64. The molecule has 0 spiro atoms. The molecule has 2 saturated heterocycles. The predicted molar refractivity (Wildman–Crippen MR) is 100 cm³/mol. The molecule has 0 aliphatic carbocycles. The molecule has 0 aromatic rings. The molecule has 3 atom stereocenters. The second-order valence-electron chi connectivity index (χ2n) is 6.80. The van der Waals surface area contributed by atoms with E-state index in [0.717, 1.165) is 16.7 Å². The number of rotatable bonds is 6. The SMILES string of the molecule is C=CCOC(=O)[C@@H]1N2C(=O)[C@@](C#CC(=O)OCC)(OS(=O)(=O)C(F)(F)F)[C@H]2SC1(C)C. The van der Waals surface area contributed by atoms with Crippen LogP contribution in [0, 0.1) is 11.8 Å². The zero-order chi connectivity index (χ0) is 23.8. The Hall–Kier alpha value is -2.24. The largest absolute Gasteiger partial charge is 0.523 e. The molecular formula is C17H18F3NO8S2. The monoisotopic (exact) mass is 485 g/mol. The van der Waals surface area contributed by atoms with E-state index in [2.05, 4.69) is 15.5 Å². The molecule has 14 heteroatoms. The molecule has 2 fully saturated rings. The van der Waals surface area contributed by atoms with Crippen LogP contribution in [0.15, 0.2) is 12.7 Å². The molecule has 0 aromatic carbocycles. The minimum atomic E-state index is -6.28. The van der Waals surface area contributed by atoms with E-state index in [-0.39, 0.29) is 13.2 Å². The van der Waals surface area contributed by atoms with E-state index in [1.807, 2.05) is 5.92 Å². The third-order valence-electron chi connectivity index (χ3n) is 4.22. The van der Waals surface area contributed by atoms with Crippen molar-refractivity contribution >= 4 is 39.7 Å². The standard InChI is InChI=1S/C17H18F3NO8S2/c1-5-9-28-12(23)11-15(3,4)30-14-16(13(24)21(11)14,8-7-10(22)27-6-2)29-31(25,26)17(18,19)20/h5,11,14H,1,6,9H2,2-4H3/t11-,14+,16+/m0/s1. The number of esters is 2. The molecule has 0 radical (unpaired) electrons. The number of carbonyl (C=O) groups excluding carboxylic acids is 3. The fourth-order valence-electron chi connectivity index (χ4n) is 2.97. The van der Waals surface area contributed by atoms with Crippen molar-refractivity contribution in [2.75, 3.05) is 13.2 Å². The third kappa shape index (κ3) is 4.39. The van der Waals surface area contributed by atoms with Gasteiger partial charge < -0.3 is 14.4 Å². The maximum atomic E-state index is 12.9. The Kier molecular flexibility index (Phi) is 6.75. The average Bonchev–Trinajstić information content (AvgIpc) is 2.91. The van der Waals surface area contributed by atoms with Crippen molar-refractivity contribution in [2.45, 2.75) is 48.0 Å². The average molecular weight is 485 g/mol. The van der Waals surface area contributed by atoms with E-state index in [0.29, 0.717) is 0 Å². The van der Waals surface area contributed by atoms with Gasteiger partial charge in [-0.15, -0.1) is 11.8 Å². The van der Waals surface area contributed by atoms with Gasteiger partial charge >= 0.3 is 27.6 Å². The highest BCUT2D eigenvalue weighted by Gasteiger charge is 2.75. The number of hydrogen-bond donors (Lipinski definition) is 0. The lowest BCUT2D eigenvalue weighted by atomic mass is 9.88. The van der Waals surface area contributed by atoms with Crippen molar-refractivity contribution in [2.24, 2.45) is 0 Å². The lowest BCUT2D eigenvalue weighted by Gasteiger charge is -2.48. The molecule has 0 saturated carbocycles. The molecule has 2 heterocycles. The van der Waals surface area contributed by atoms with Crippen molar-refractivity contribution < 1.29 is 49.6 Å². The summed E-state index contributed by atoms with van der Waals surface area (Å²) in [7, 11) is -6.28. The van der Waals surface area contributed by atoms with Gasteiger partial charge in [-0.25, -0.2) is 13.8 Å². The summed E-state index contributed by atoms with van der Waals surface area (Å²) in [6.45, 7) is 7.52. The molecule has 0 bridgehead atoms. The summed E-state index contributed by atoms with van der Waals surface area (Å²) in [6, 6.07) is -1.27. The quantitative estimate of drug-likeness (QED) is 0.103. The smallest absolute Gasteiger partial charge is 0.460 e. The zero-order valence-corrected chi connectivity index (χ0v) is 18.1. The minimum absolute atomic E-state index is 0.120. The highest BCUT2D eigenvalue weighted by molar-refractivity contribution is 8.01. The number of nitrogens with zero attached hydrogens (tertiary/aromatic N) is 1. The lowest BCUT2D eigenvalue weighted by Crippen LogP contribution is -2.74. The summed E-state index contributed by atoms with van der Waals surface area (Å²) in [5.41, 5.74) is -8.73. The topological polar surface area (TPSA) is 116 Å². The van der Waals surface area contributed by atoms with E-state index in [4.69, 9.17) is 4.74 Å². The zero-order valence-electron chi connectivity index (χ0n) is 16.5. The number of amides is 1. The number of hydrogen-bond acceptors (Lipinski definition) is 9. The van der Waals surface area contributed by atoms with Gasteiger partial charge in [0.1, 0.15) is 18.0 Å². The van der Waals surface area contributed by atoms with Crippen molar-refractivity contribution in [3.05, 3.63) is 12.7 Å². The van der Waals surface area contributed by atoms with E-state index in [9.17, 15) is 36.0 Å². The highest BCUT2D eigenvalue weighted by atomic mass is 32.2. The molecular weight excluding hydrogens is 467 g/mol. The molecule has 9 nitrogen and oxygen atoms in total. The Labute approximate surface area is 180 Å². The van der Waals surface area contributed by atoms with Gasteiger partial charge in [0.2, 0.25) is 0 Å². The summed E-state index contributed by atoms with van der Waals surface area (Å²) in [5.74, 6) is 0.280. The van der Waals surface area contributed by atoms with Gasteiger partial charge in [0.15, 0.2) is 0 Å². The first-order chi connectivity index (χ1) is 14.1. The molecule has 2 aliphatic heterocycles. The molecule has 172 valence electrons. The number of alkyl halides is 3. The summed E-state index contributed by atoms with van der Waals surface area (Å²) in [6.07, 6.45) is 1.27. The van der Waals surface area contributed by atoms with Crippen LogP contribution in [-0.2, 0) is 38.2 Å². The van der Waals surface area contributed by atoms with Crippen LogP contribution in [-0.4, -0.2) is 71.6 Å². The minimum Gasteiger partial charge on any atom is -0.460 e. The number of fused-ring (bicyclic) bond motifs is 1. The van der Waals surface area contributed by atoms with Crippen LogP contribution >= 0.6 is 11.8 Å². The van der Waals surface area contributed by atoms with Gasteiger partial charge in [0.25, 0.3) is 11.5 Å². The van der Waals surface area contributed by atoms with Crippen LogP contribution < -0.4 is 0 Å². The number of halogens is 3. The van der Waals surface area contributed by atoms with Gasteiger partial charge in [-0.1, -0.05) is 12.7 Å². The van der Waals surface area contributed by atoms with Crippen LogP contribution in [0.3, 0.4) is 0 Å². The number of β-lactam (4-membered cyclic amide) rings is 1. The fourth-order valence-corrected chi connectivity index (χ4v) is 5.30. The van der Waals surface area contributed by atoms with Gasteiger partial charge in [-0.05, 0) is 26.7 Å². The molecule has 0 unspecified atom stereocenters. The van der Waals surface area contributed by atoms with Gasteiger partial charge in [0, 0.05) is 10.7 Å². The van der Waals surface area contributed by atoms with E-state index >= 15 is 0 Å². The van der Waals surface area contributed by atoms with Crippen molar-refractivity contribution in [1.82, 2.24) is 4.90 Å². The molecule has 2 rings (SSSR count). The summed E-state index contributed by atoms with van der Waals surface area (Å²) in [4.78, 5) is 37.7. The summed E-state index contributed by atoms with van der Waals surface area (Å²) < 4.78 is 74.8. The molecule has 2 aliphatic rings. The summed E-state index contributed by atoms with van der Waals surface area (Å²) >= 11 is 0.782. The number of thioether (sulfide) groups is 1. The maximum Gasteiger partial charge on any atom is 0.523 e. The molecule has 1 amide bonds. The molecule has 0 N–H and O–H groups in total. The van der Waals surface area contributed by atoms with Crippen molar-refractivity contribution in [3.8, 4) is 11.8 Å². The number of carbonyl (C=O) groups is 3. The lowest BCUT2D eigenvalue weighted by molar-refractivity contribution is -0.178. The van der Waals surface area contributed by atoms with E-state index in [1.165, 1.54) is 26.8 Å². The first-order valence-corrected chi connectivity index (χ1v) is 10.9. The summed E-state index contributed by atoms with van der Waals surface area (Å²) in [5, 5.41) is -1.45. The Morgan fingerprint density at radius 1 is 1.32 bits per heavy atom. The number of ether oxygens (including phenoxy) is 2. The van der Waals surface area contributed by atoms with Gasteiger partial charge in [-0.2, -0.15) is 21.6 Å². The van der Waals surface area contributed by atoms with Crippen molar-refractivity contribution in [3.63, 3.8) is 0 Å². The fraction of sp³-hybridized carbons (Fsp3) is 0.588. The van der Waals surface area contributed by atoms with E-state index < -0.39 is 55.2 Å². The first kappa shape index (κ1) is 25.0. The van der Waals surface area contributed by atoms with Crippen LogP contribution in [0.25, 0.3) is 0 Å². The van der Waals surface area contributed by atoms with E-state index in [1.54, 1.807) is 5.92 Å². The Morgan fingerprint density at radius 3 is 2.45 bits per heavy atom. The highest BCUT2D eigenvalue weighted by Crippen LogP contribution is 2.57. The Balaban J connectivity index is 2.52. The van der Waals surface area contributed by atoms with Gasteiger partial charge in [0.05, 0.1) is 6.61 Å². The Bertz CT molecular complexity index is 966. The van der Waals surface area contributed by atoms with Crippen LogP contribution in [0.5, 0.6) is 0 Å². The second kappa shape index (κ2) is 8.36. The van der Waals surface area contributed by atoms with Gasteiger partial charge in [-0.3, -0.25) is 4.79 Å². The Morgan fingerprint density at radius 2 is 1.94 bits per heavy atom. The maximum absolute atomic E-state index is 12.9. The van der Waals surface area contributed by atoms with Crippen molar-refractivity contribution in [1.29, 1.82) is 0 Å². The van der Waals surface area contributed by atoms with Crippen LogP contribution in [0.1, 0.15) is 20.8 Å².